The van der Waals surface area contributed by atoms with E-state index in [4.69, 9.17) is 11.6 Å². The Kier molecular flexibility index (Phi) is 3.43. The number of allylic oxidation sites excluding steroid dienone is 1. The van der Waals surface area contributed by atoms with Gasteiger partial charge in [0.15, 0.2) is 10.8 Å². The Balaban J connectivity index is 2.50. The summed E-state index contributed by atoms with van der Waals surface area (Å²) in [6, 6.07) is 0. The van der Waals surface area contributed by atoms with Gasteiger partial charge in [-0.15, -0.1) is 0 Å². The topological polar surface area (TPSA) is 57.3 Å². The largest absolute Gasteiger partial charge is 0.388 e. The van der Waals surface area contributed by atoms with Gasteiger partial charge in [0.05, 0.1) is 5.70 Å². The van der Waals surface area contributed by atoms with Crippen molar-refractivity contribution in [2.45, 2.75) is 39.1 Å². The minimum atomic E-state index is -0.840. The molecule has 0 amide bonds. The summed E-state index contributed by atoms with van der Waals surface area (Å²) < 4.78 is 0. The van der Waals surface area contributed by atoms with Gasteiger partial charge in [0.25, 0.3) is 0 Å². The summed E-state index contributed by atoms with van der Waals surface area (Å²) in [5.41, 5.74) is 3.34. The normalized spacial score (nSPS) is 27.2. The van der Waals surface area contributed by atoms with Gasteiger partial charge in [-0.25, -0.2) is 9.98 Å². The standard InChI is InChI=1S/C13H18ClN3O/c1-7(2)5-13(14)12-11(8(3)9(4)17-13)15-10(6-18)16-12/h7,18H,5-6H2,1-4H3. The minimum absolute atomic E-state index is 0.173. The van der Waals surface area contributed by atoms with Crippen LogP contribution >= 0.6 is 11.6 Å². The molecule has 1 N–H and O–H groups in total. The van der Waals surface area contributed by atoms with Crippen LogP contribution in [0.3, 0.4) is 0 Å². The second-order valence-corrected chi connectivity index (χ2v) is 5.80. The molecule has 0 fully saturated rings. The van der Waals surface area contributed by atoms with Crippen molar-refractivity contribution in [3.05, 3.63) is 11.3 Å². The van der Waals surface area contributed by atoms with Gasteiger partial charge in [-0.1, -0.05) is 25.4 Å². The first kappa shape index (κ1) is 13.4. The highest BCUT2D eigenvalue weighted by molar-refractivity contribution is 6.43. The van der Waals surface area contributed by atoms with Crippen LogP contribution in [0.1, 0.15) is 34.1 Å². The Morgan fingerprint density at radius 3 is 2.50 bits per heavy atom. The van der Waals surface area contributed by atoms with E-state index in [1.165, 1.54) is 0 Å². The average molecular weight is 268 g/mol. The molecule has 0 aromatic carbocycles. The van der Waals surface area contributed by atoms with Crippen LogP contribution in [0.2, 0.25) is 0 Å². The second kappa shape index (κ2) is 4.59. The van der Waals surface area contributed by atoms with Crippen molar-refractivity contribution in [3.8, 4) is 0 Å². The number of rotatable bonds is 3. The Morgan fingerprint density at radius 1 is 1.28 bits per heavy atom. The molecule has 98 valence electrons. The summed E-state index contributed by atoms with van der Waals surface area (Å²) in [4.78, 5) is 12.4. The molecule has 4 nitrogen and oxygen atoms in total. The predicted octanol–water partition coefficient (Wildman–Crippen LogP) is 2.56. The number of aliphatic hydroxyl groups excluding tert-OH is 1. The summed E-state index contributed by atoms with van der Waals surface area (Å²) in [6.07, 6.45) is 0.704. The highest BCUT2D eigenvalue weighted by Crippen LogP contribution is 2.38. The first-order chi connectivity index (χ1) is 8.37. The van der Waals surface area contributed by atoms with Crippen LogP contribution in [0.4, 0.5) is 0 Å². The molecule has 0 spiro atoms. The molecule has 0 aliphatic carbocycles. The maximum absolute atomic E-state index is 9.18. The number of aliphatic imine (C=N–C) groups is 3. The highest BCUT2D eigenvalue weighted by atomic mass is 35.5. The van der Waals surface area contributed by atoms with Crippen LogP contribution in [-0.2, 0) is 0 Å². The Bertz CT molecular complexity index is 502. The summed E-state index contributed by atoms with van der Waals surface area (Å²) in [7, 11) is 0. The van der Waals surface area contributed by atoms with Gasteiger partial charge in [-0.3, -0.25) is 4.99 Å². The molecule has 1 atom stereocenters. The molecule has 2 aliphatic rings. The first-order valence-electron chi connectivity index (χ1n) is 6.12. The van der Waals surface area contributed by atoms with Gasteiger partial charge >= 0.3 is 0 Å². The number of aliphatic hydroxyl groups is 1. The zero-order chi connectivity index (χ0) is 13.5. The molecule has 2 aliphatic heterocycles. The quantitative estimate of drug-likeness (QED) is 0.620. The molecule has 0 saturated carbocycles. The summed E-state index contributed by atoms with van der Waals surface area (Å²) in [6.45, 7) is 7.92. The number of alkyl halides is 1. The number of halogens is 1. The highest BCUT2D eigenvalue weighted by Gasteiger charge is 2.42. The Hall–Kier alpha value is -1.00. The van der Waals surface area contributed by atoms with Gasteiger partial charge in [-0.2, -0.15) is 0 Å². The van der Waals surface area contributed by atoms with Gasteiger partial charge < -0.3 is 5.11 Å². The van der Waals surface area contributed by atoms with Crippen molar-refractivity contribution in [2.24, 2.45) is 20.9 Å². The van der Waals surface area contributed by atoms with Crippen molar-refractivity contribution < 1.29 is 5.11 Å². The lowest BCUT2D eigenvalue weighted by Crippen LogP contribution is -2.37. The second-order valence-electron chi connectivity index (χ2n) is 5.17. The SMILES string of the molecule is CC1=NC(Cl)(CC(C)C)C2=NC(CO)=NC2=C1C. The molecule has 0 bridgehead atoms. The molecule has 18 heavy (non-hydrogen) atoms. The number of hydrogen-bond donors (Lipinski definition) is 1. The average Bonchev–Trinajstić information content (AvgIpc) is 2.70. The lowest BCUT2D eigenvalue weighted by atomic mass is 9.92. The van der Waals surface area contributed by atoms with Crippen LogP contribution in [0.15, 0.2) is 26.2 Å². The van der Waals surface area contributed by atoms with E-state index in [1.54, 1.807) is 0 Å². The summed E-state index contributed by atoms with van der Waals surface area (Å²) in [5, 5.41) is 9.18. The van der Waals surface area contributed by atoms with E-state index in [9.17, 15) is 5.11 Å². The van der Waals surface area contributed by atoms with E-state index in [-0.39, 0.29) is 6.61 Å². The van der Waals surface area contributed by atoms with Crippen molar-refractivity contribution in [3.63, 3.8) is 0 Å². The molecule has 2 heterocycles. The van der Waals surface area contributed by atoms with E-state index in [1.807, 2.05) is 13.8 Å². The number of nitrogens with zero attached hydrogens (tertiary/aromatic N) is 3. The fraction of sp³-hybridized carbons (Fsp3) is 0.615. The third-order valence-electron chi connectivity index (χ3n) is 3.13. The molecule has 0 saturated heterocycles. The fourth-order valence-corrected chi connectivity index (χ4v) is 2.81. The molecule has 2 rings (SSSR count). The lowest BCUT2D eigenvalue weighted by molar-refractivity contribution is 0.356. The van der Waals surface area contributed by atoms with Crippen LogP contribution in [-0.4, -0.2) is 34.0 Å². The van der Waals surface area contributed by atoms with Crippen molar-refractivity contribution in [1.29, 1.82) is 0 Å². The number of amidine groups is 1. The van der Waals surface area contributed by atoms with Gasteiger partial charge in [0.2, 0.25) is 0 Å². The van der Waals surface area contributed by atoms with Crippen LogP contribution in [0.5, 0.6) is 0 Å². The maximum atomic E-state index is 9.18. The summed E-state index contributed by atoms with van der Waals surface area (Å²) in [5.74, 6) is 0.817. The zero-order valence-electron chi connectivity index (χ0n) is 11.2. The molecule has 0 radical (unpaired) electrons. The first-order valence-corrected chi connectivity index (χ1v) is 6.49. The third kappa shape index (κ3) is 2.15. The van der Waals surface area contributed by atoms with E-state index in [2.05, 4.69) is 28.8 Å². The van der Waals surface area contributed by atoms with E-state index in [0.29, 0.717) is 23.9 Å². The number of fused-ring (bicyclic) bond motifs is 1. The molecular formula is C13H18ClN3O. The molecule has 5 heteroatoms. The zero-order valence-corrected chi connectivity index (χ0v) is 11.9. The van der Waals surface area contributed by atoms with Crippen LogP contribution in [0, 0.1) is 5.92 Å². The molecule has 0 aromatic heterocycles. The van der Waals surface area contributed by atoms with Crippen molar-refractivity contribution in [1.82, 2.24) is 0 Å². The number of dihydropyridines is 1. The Morgan fingerprint density at radius 2 is 1.94 bits per heavy atom. The Labute approximate surface area is 112 Å². The minimum Gasteiger partial charge on any atom is -0.388 e. The maximum Gasteiger partial charge on any atom is 0.178 e. The van der Waals surface area contributed by atoms with E-state index in [0.717, 1.165) is 17.0 Å². The van der Waals surface area contributed by atoms with Gasteiger partial charge in [0, 0.05) is 5.71 Å². The fourth-order valence-electron chi connectivity index (χ4n) is 2.25. The van der Waals surface area contributed by atoms with Gasteiger partial charge in [0.1, 0.15) is 12.3 Å². The van der Waals surface area contributed by atoms with Crippen LogP contribution < -0.4 is 0 Å². The van der Waals surface area contributed by atoms with E-state index < -0.39 is 5.00 Å². The van der Waals surface area contributed by atoms with Gasteiger partial charge in [-0.05, 0) is 31.8 Å². The molecule has 0 aromatic rings. The predicted molar refractivity (Wildman–Crippen MR) is 75.8 cm³/mol. The molecule has 1 unspecified atom stereocenters. The number of hydrogen-bond acceptors (Lipinski definition) is 4. The lowest BCUT2D eigenvalue weighted by Gasteiger charge is -2.30. The monoisotopic (exact) mass is 267 g/mol. The van der Waals surface area contributed by atoms with Crippen molar-refractivity contribution in [2.75, 3.05) is 6.61 Å². The van der Waals surface area contributed by atoms with Crippen LogP contribution in [0.25, 0.3) is 0 Å². The van der Waals surface area contributed by atoms with Crippen molar-refractivity contribution >= 4 is 28.9 Å². The van der Waals surface area contributed by atoms with E-state index >= 15 is 0 Å². The third-order valence-corrected chi connectivity index (χ3v) is 3.55. The molecular weight excluding hydrogens is 250 g/mol. The smallest absolute Gasteiger partial charge is 0.178 e. The summed E-state index contributed by atoms with van der Waals surface area (Å²) >= 11 is 6.65.